The summed E-state index contributed by atoms with van der Waals surface area (Å²) in [4.78, 5) is 25.3. The summed E-state index contributed by atoms with van der Waals surface area (Å²) < 4.78 is 0. The molecule has 1 aromatic heterocycles. The van der Waals surface area contributed by atoms with E-state index in [2.05, 4.69) is 33.7 Å². The summed E-state index contributed by atoms with van der Waals surface area (Å²) in [6.45, 7) is 5.96. The molecule has 0 radical (unpaired) electrons. The second kappa shape index (κ2) is 7.43. The maximum absolute atomic E-state index is 11.0. The molecule has 2 unspecified atom stereocenters. The molecule has 2 saturated heterocycles. The smallest absolute Gasteiger partial charge is 0.225 e. The molecule has 5 heteroatoms. The van der Waals surface area contributed by atoms with Gasteiger partial charge in [-0.1, -0.05) is 13.0 Å². The number of carbonyl (C=O) groups is 1. The van der Waals surface area contributed by atoms with Gasteiger partial charge in [0, 0.05) is 37.6 Å². The highest BCUT2D eigenvalue weighted by molar-refractivity contribution is 5.87. The number of fused-ring (bicyclic) bond motifs is 2. The summed E-state index contributed by atoms with van der Waals surface area (Å²) in [6, 6.07) is 1.11. The van der Waals surface area contributed by atoms with E-state index >= 15 is 0 Å². The topological polar surface area (TPSA) is 49.3 Å². The van der Waals surface area contributed by atoms with Gasteiger partial charge in [0.15, 0.2) is 5.78 Å². The summed E-state index contributed by atoms with van der Waals surface area (Å²) >= 11 is 0. The van der Waals surface area contributed by atoms with Crippen molar-refractivity contribution < 1.29 is 4.79 Å². The fraction of sp³-hybridized carbons (Fsp3) is 0.632. The Morgan fingerprint density at radius 1 is 1.29 bits per heavy atom. The molecule has 0 spiro atoms. The van der Waals surface area contributed by atoms with Crippen LogP contribution in [0.15, 0.2) is 24.5 Å². The van der Waals surface area contributed by atoms with E-state index in [-0.39, 0.29) is 5.78 Å². The van der Waals surface area contributed by atoms with Crippen LogP contribution < -0.4 is 4.90 Å². The van der Waals surface area contributed by atoms with Gasteiger partial charge in [-0.25, -0.2) is 9.97 Å². The molecule has 3 atom stereocenters. The van der Waals surface area contributed by atoms with Gasteiger partial charge in [0.1, 0.15) is 0 Å². The van der Waals surface area contributed by atoms with E-state index < -0.39 is 0 Å². The minimum Gasteiger partial charge on any atom is -0.332 e. The van der Waals surface area contributed by atoms with Crippen LogP contribution in [0.25, 0.3) is 0 Å². The molecule has 2 fully saturated rings. The number of rotatable bonds is 6. The normalized spacial score (nSPS) is 25.4. The highest BCUT2D eigenvalue weighted by atomic mass is 16.1. The molecule has 2 bridgehead atoms. The van der Waals surface area contributed by atoms with Gasteiger partial charge in [-0.2, -0.15) is 0 Å². The van der Waals surface area contributed by atoms with Crippen LogP contribution in [0.4, 0.5) is 5.95 Å². The second-order valence-corrected chi connectivity index (χ2v) is 7.18. The van der Waals surface area contributed by atoms with Crippen LogP contribution in [-0.4, -0.2) is 52.9 Å². The van der Waals surface area contributed by atoms with Crippen LogP contribution in [0.5, 0.6) is 0 Å². The minimum absolute atomic E-state index is 0.0991. The predicted molar refractivity (Wildman–Crippen MR) is 96.3 cm³/mol. The summed E-state index contributed by atoms with van der Waals surface area (Å²) in [5.41, 5.74) is 1.16. The largest absolute Gasteiger partial charge is 0.332 e. The SMILES string of the molecule is CC[C@H](C/C=C/C(C)=O)c1cnc(N2C3CCC2CN(C)C3)nc1. The Balaban J connectivity index is 1.70. The van der Waals surface area contributed by atoms with Gasteiger partial charge in [0.05, 0.1) is 0 Å². The van der Waals surface area contributed by atoms with Crippen LogP contribution >= 0.6 is 0 Å². The molecule has 0 aromatic carbocycles. The average Bonchev–Trinajstić information content (AvgIpc) is 2.83. The highest BCUT2D eigenvalue weighted by Gasteiger charge is 2.40. The van der Waals surface area contributed by atoms with Crippen molar-refractivity contribution in [3.63, 3.8) is 0 Å². The Morgan fingerprint density at radius 2 is 1.92 bits per heavy atom. The number of anilines is 1. The van der Waals surface area contributed by atoms with Gasteiger partial charge in [-0.05, 0) is 57.2 Å². The summed E-state index contributed by atoms with van der Waals surface area (Å²) in [7, 11) is 2.20. The fourth-order valence-corrected chi connectivity index (χ4v) is 4.05. The van der Waals surface area contributed by atoms with Crippen molar-refractivity contribution in [2.75, 3.05) is 25.0 Å². The monoisotopic (exact) mass is 328 g/mol. The van der Waals surface area contributed by atoms with Gasteiger partial charge in [0.25, 0.3) is 0 Å². The molecule has 5 nitrogen and oxygen atoms in total. The number of hydrogen-bond acceptors (Lipinski definition) is 5. The molecule has 0 aliphatic carbocycles. The average molecular weight is 328 g/mol. The molecule has 0 saturated carbocycles. The zero-order valence-corrected chi connectivity index (χ0v) is 15.0. The van der Waals surface area contributed by atoms with E-state index in [1.807, 2.05) is 18.5 Å². The Bertz CT molecular complexity index is 584. The first-order valence-corrected chi connectivity index (χ1v) is 9.04. The van der Waals surface area contributed by atoms with Gasteiger partial charge in [-0.15, -0.1) is 0 Å². The Labute approximate surface area is 144 Å². The van der Waals surface area contributed by atoms with Crippen LogP contribution in [0.1, 0.15) is 51.0 Å². The van der Waals surface area contributed by atoms with E-state index in [0.29, 0.717) is 18.0 Å². The minimum atomic E-state index is 0.0991. The number of hydrogen-bond donors (Lipinski definition) is 0. The first kappa shape index (κ1) is 17.1. The van der Waals surface area contributed by atoms with Crippen molar-refractivity contribution in [2.24, 2.45) is 0 Å². The molecule has 3 heterocycles. The maximum Gasteiger partial charge on any atom is 0.225 e. The third-order valence-electron chi connectivity index (χ3n) is 5.29. The molecule has 2 aliphatic heterocycles. The molecular formula is C19H28N4O. The number of likely N-dealkylation sites (tertiary alicyclic amines) is 1. The molecular weight excluding hydrogens is 300 g/mol. The predicted octanol–water partition coefficient (Wildman–Crippen LogP) is 2.79. The van der Waals surface area contributed by atoms with Gasteiger partial charge >= 0.3 is 0 Å². The van der Waals surface area contributed by atoms with Crippen molar-refractivity contribution in [3.05, 3.63) is 30.1 Å². The molecule has 130 valence electrons. The standard InChI is InChI=1S/C19H28N4O/c1-4-15(7-5-6-14(2)24)16-10-20-19(21-11-16)23-17-8-9-18(23)13-22(3)12-17/h5-6,10-11,15,17-18H,4,7-9,12-13H2,1-3H3/b6-5+/t15-,17?,18?/m1/s1. The third kappa shape index (κ3) is 3.66. The zero-order chi connectivity index (χ0) is 17.1. The number of carbonyl (C=O) groups excluding carboxylic acids is 1. The molecule has 0 N–H and O–H groups in total. The second-order valence-electron chi connectivity index (χ2n) is 7.18. The lowest BCUT2D eigenvalue weighted by molar-refractivity contribution is -0.112. The number of nitrogens with zero attached hydrogens (tertiary/aromatic N) is 4. The lowest BCUT2D eigenvalue weighted by Gasteiger charge is -2.39. The first-order valence-electron chi connectivity index (χ1n) is 9.04. The number of allylic oxidation sites excluding steroid dienone is 2. The molecule has 3 rings (SSSR count). The third-order valence-corrected chi connectivity index (χ3v) is 5.29. The quantitative estimate of drug-likeness (QED) is 0.752. The number of ketones is 1. The molecule has 0 amide bonds. The lowest BCUT2D eigenvalue weighted by Crippen LogP contribution is -2.53. The fourth-order valence-electron chi connectivity index (χ4n) is 4.05. The molecule has 2 aliphatic rings. The van der Waals surface area contributed by atoms with Crippen LogP contribution in [0.2, 0.25) is 0 Å². The number of aromatic nitrogens is 2. The van der Waals surface area contributed by atoms with Crippen molar-refractivity contribution in [1.29, 1.82) is 0 Å². The zero-order valence-electron chi connectivity index (χ0n) is 15.0. The van der Waals surface area contributed by atoms with Gasteiger partial charge in [0.2, 0.25) is 5.95 Å². The highest BCUT2D eigenvalue weighted by Crippen LogP contribution is 2.33. The van der Waals surface area contributed by atoms with E-state index in [0.717, 1.165) is 37.4 Å². The first-order chi connectivity index (χ1) is 11.6. The maximum atomic E-state index is 11.0. The molecule has 1 aromatic rings. The Hall–Kier alpha value is -1.75. The van der Waals surface area contributed by atoms with E-state index in [4.69, 9.17) is 0 Å². The summed E-state index contributed by atoms with van der Waals surface area (Å²) in [5, 5.41) is 0. The van der Waals surface area contributed by atoms with Crippen molar-refractivity contribution in [3.8, 4) is 0 Å². The van der Waals surface area contributed by atoms with E-state index in [1.165, 1.54) is 12.8 Å². The van der Waals surface area contributed by atoms with Crippen LogP contribution in [0, 0.1) is 0 Å². The van der Waals surface area contributed by atoms with Crippen molar-refractivity contribution in [1.82, 2.24) is 14.9 Å². The van der Waals surface area contributed by atoms with Crippen LogP contribution in [-0.2, 0) is 4.79 Å². The summed E-state index contributed by atoms with van der Waals surface area (Å²) in [6.07, 6.45) is 11.9. The Kier molecular flexibility index (Phi) is 5.29. The molecule has 24 heavy (non-hydrogen) atoms. The van der Waals surface area contributed by atoms with Gasteiger partial charge in [-0.3, -0.25) is 4.79 Å². The number of piperazine rings is 1. The summed E-state index contributed by atoms with van der Waals surface area (Å²) in [5.74, 6) is 1.36. The van der Waals surface area contributed by atoms with E-state index in [1.54, 1.807) is 13.0 Å². The Morgan fingerprint density at radius 3 is 2.46 bits per heavy atom. The number of likely N-dealkylation sites (N-methyl/N-ethyl adjacent to an activating group) is 1. The van der Waals surface area contributed by atoms with E-state index in [9.17, 15) is 4.79 Å². The van der Waals surface area contributed by atoms with Crippen molar-refractivity contribution in [2.45, 2.75) is 57.5 Å². The van der Waals surface area contributed by atoms with Crippen molar-refractivity contribution >= 4 is 11.7 Å². The lowest BCUT2D eigenvalue weighted by atomic mass is 9.95. The van der Waals surface area contributed by atoms with Gasteiger partial charge < -0.3 is 9.80 Å². The van der Waals surface area contributed by atoms with Crippen LogP contribution in [0.3, 0.4) is 0 Å².